The first kappa shape index (κ1) is 24.1. The number of carbonyl (C=O) groups excluding carboxylic acids is 3. The van der Waals surface area contributed by atoms with Crippen molar-refractivity contribution in [1.29, 1.82) is 0 Å². The number of esters is 1. The monoisotopic (exact) mass is 424 g/mol. The predicted molar refractivity (Wildman–Crippen MR) is 123 cm³/mol. The maximum Gasteiger partial charge on any atom is 0.338 e. The second kappa shape index (κ2) is 10.2. The van der Waals surface area contributed by atoms with Crippen LogP contribution in [0.15, 0.2) is 48.5 Å². The van der Waals surface area contributed by atoms with Crippen molar-refractivity contribution in [3.8, 4) is 0 Å². The lowest BCUT2D eigenvalue weighted by Crippen LogP contribution is -2.30. The SMILES string of the molecule is CCC(C)c1ccccc1NC(=O)C(C)OC(=O)c1cccc(NC(=O)C(C)(C)C)c1. The normalized spacial score (nSPS) is 13.1. The van der Waals surface area contributed by atoms with Gasteiger partial charge in [-0.1, -0.05) is 58.9 Å². The fourth-order valence-electron chi connectivity index (χ4n) is 2.82. The Labute approximate surface area is 184 Å². The van der Waals surface area contributed by atoms with Gasteiger partial charge in [0, 0.05) is 16.8 Å². The number of anilines is 2. The van der Waals surface area contributed by atoms with Gasteiger partial charge in [-0.15, -0.1) is 0 Å². The van der Waals surface area contributed by atoms with Crippen LogP contribution in [-0.2, 0) is 14.3 Å². The zero-order chi connectivity index (χ0) is 23.2. The van der Waals surface area contributed by atoms with Crippen molar-refractivity contribution in [3.63, 3.8) is 0 Å². The number of hydrogen-bond donors (Lipinski definition) is 2. The molecule has 2 aromatic rings. The molecule has 0 aromatic heterocycles. The van der Waals surface area contributed by atoms with Crippen LogP contribution in [-0.4, -0.2) is 23.9 Å². The molecule has 2 rings (SSSR count). The molecule has 2 atom stereocenters. The van der Waals surface area contributed by atoms with Crippen molar-refractivity contribution < 1.29 is 19.1 Å². The first-order valence-electron chi connectivity index (χ1n) is 10.5. The predicted octanol–water partition coefficient (Wildman–Crippen LogP) is 5.37. The van der Waals surface area contributed by atoms with Crippen LogP contribution >= 0.6 is 0 Å². The van der Waals surface area contributed by atoms with Gasteiger partial charge in [0.15, 0.2) is 6.10 Å². The zero-order valence-electron chi connectivity index (χ0n) is 19.1. The first-order chi connectivity index (χ1) is 14.5. The molecular formula is C25H32N2O4. The second-order valence-corrected chi connectivity index (χ2v) is 8.72. The molecule has 0 radical (unpaired) electrons. The van der Waals surface area contributed by atoms with Gasteiger partial charge < -0.3 is 15.4 Å². The van der Waals surface area contributed by atoms with Gasteiger partial charge in [0.1, 0.15) is 0 Å². The molecule has 2 amide bonds. The summed E-state index contributed by atoms with van der Waals surface area (Å²) in [6.07, 6.45) is -0.0372. The Bertz CT molecular complexity index is 947. The Balaban J connectivity index is 2.05. The van der Waals surface area contributed by atoms with E-state index >= 15 is 0 Å². The van der Waals surface area contributed by atoms with Gasteiger partial charge in [-0.25, -0.2) is 4.79 Å². The fraction of sp³-hybridized carbons (Fsp3) is 0.400. The number of hydrogen-bond acceptors (Lipinski definition) is 4. The molecular weight excluding hydrogens is 392 g/mol. The van der Waals surface area contributed by atoms with Gasteiger partial charge in [0.2, 0.25) is 5.91 Å². The maximum absolute atomic E-state index is 12.6. The lowest BCUT2D eigenvalue weighted by molar-refractivity contribution is -0.124. The second-order valence-electron chi connectivity index (χ2n) is 8.72. The summed E-state index contributed by atoms with van der Waals surface area (Å²) in [5.41, 5.74) is 1.95. The number of ether oxygens (including phenoxy) is 1. The van der Waals surface area contributed by atoms with E-state index in [1.54, 1.807) is 39.0 Å². The summed E-state index contributed by atoms with van der Waals surface area (Å²) in [7, 11) is 0. The molecule has 0 spiro atoms. The lowest BCUT2D eigenvalue weighted by atomic mass is 9.95. The third kappa shape index (κ3) is 6.67. The highest BCUT2D eigenvalue weighted by molar-refractivity contribution is 5.99. The Morgan fingerprint density at radius 2 is 1.65 bits per heavy atom. The van der Waals surface area contributed by atoms with Crippen LogP contribution < -0.4 is 10.6 Å². The number of rotatable bonds is 7. The van der Waals surface area contributed by atoms with Crippen LogP contribution in [0, 0.1) is 5.41 Å². The molecule has 0 fully saturated rings. The Kier molecular flexibility index (Phi) is 7.97. The highest BCUT2D eigenvalue weighted by atomic mass is 16.5. The van der Waals surface area contributed by atoms with Gasteiger partial charge in [0.05, 0.1) is 5.56 Å². The van der Waals surface area contributed by atoms with Crippen molar-refractivity contribution in [1.82, 2.24) is 0 Å². The Morgan fingerprint density at radius 3 is 2.29 bits per heavy atom. The molecule has 0 aliphatic carbocycles. The van der Waals surface area contributed by atoms with Crippen LogP contribution in [0.5, 0.6) is 0 Å². The molecule has 0 bridgehead atoms. The van der Waals surface area contributed by atoms with Gasteiger partial charge in [-0.3, -0.25) is 9.59 Å². The van der Waals surface area contributed by atoms with E-state index in [2.05, 4.69) is 24.5 Å². The van der Waals surface area contributed by atoms with Crippen molar-refractivity contribution in [2.75, 3.05) is 10.6 Å². The van der Waals surface area contributed by atoms with Crippen molar-refractivity contribution in [3.05, 3.63) is 59.7 Å². The van der Waals surface area contributed by atoms with E-state index in [4.69, 9.17) is 4.74 Å². The summed E-state index contributed by atoms with van der Waals surface area (Å²) >= 11 is 0. The number of carbonyl (C=O) groups is 3. The van der Waals surface area contributed by atoms with Gasteiger partial charge in [0.25, 0.3) is 5.91 Å². The summed E-state index contributed by atoms with van der Waals surface area (Å²) < 4.78 is 5.36. The summed E-state index contributed by atoms with van der Waals surface area (Å²) in [6, 6.07) is 14.1. The van der Waals surface area contributed by atoms with E-state index < -0.39 is 23.4 Å². The molecule has 31 heavy (non-hydrogen) atoms. The Hall–Kier alpha value is -3.15. The number of nitrogens with one attached hydrogen (secondary N) is 2. The highest BCUT2D eigenvalue weighted by Gasteiger charge is 2.23. The molecule has 0 saturated carbocycles. The molecule has 2 N–H and O–H groups in total. The summed E-state index contributed by atoms with van der Waals surface area (Å²) in [4.78, 5) is 37.3. The Morgan fingerprint density at radius 1 is 0.968 bits per heavy atom. The fourth-order valence-corrected chi connectivity index (χ4v) is 2.82. The van der Waals surface area contributed by atoms with E-state index in [0.717, 1.165) is 17.7 Å². The van der Waals surface area contributed by atoms with Crippen molar-refractivity contribution in [2.45, 2.75) is 60.0 Å². The van der Waals surface area contributed by atoms with E-state index in [9.17, 15) is 14.4 Å². The highest BCUT2D eigenvalue weighted by Crippen LogP contribution is 2.26. The number of benzene rings is 2. The van der Waals surface area contributed by atoms with Gasteiger partial charge in [-0.2, -0.15) is 0 Å². The van der Waals surface area contributed by atoms with Crippen LogP contribution in [0.2, 0.25) is 0 Å². The van der Waals surface area contributed by atoms with E-state index in [1.165, 1.54) is 13.0 Å². The quantitative estimate of drug-likeness (QED) is 0.585. The smallest absolute Gasteiger partial charge is 0.338 e. The van der Waals surface area contributed by atoms with Crippen LogP contribution in [0.4, 0.5) is 11.4 Å². The van der Waals surface area contributed by atoms with Gasteiger partial charge in [-0.05, 0) is 49.1 Å². The van der Waals surface area contributed by atoms with E-state index in [1.807, 2.05) is 24.3 Å². The van der Waals surface area contributed by atoms with Gasteiger partial charge >= 0.3 is 5.97 Å². The number of amides is 2. The zero-order valence-corrected chi connectivity index (χ0v) is 19.1. The molecule has 166 valence electrons. The minimum atomic E-state index is -0.981. The minimum absolute atomic E-state index is 0.161. The molecule has 0 aliphatic rings. The van der Waals surface area contributed by atoms with E-state index in [0.29, 0.717) is 11.6 Å². The molecule has 0 aliphatic heterocycles. The number of para-hydroxylation sites is 1. The summed E-state index contributed by atoms with van der Waals surface area (Å²) in [5.74, 6) is -0.905. The first-order valence-corrected chi connectivity index (χ1v) is 10.5. The third-order valence-electron chi connectivity index (χ3n) is 5.05. The van der Waals surface area contributed by atoms with Crippen LogP contribution in [0.3, 0.4) is 0 Å². The largest absolute Gasteiger partial charge is 0.449 e. The van der Waals surface area contributed by atoms with Crippen LogP contribution in [0.1, 0.15) is 69.8 Å². The van der Waals surface area contributed by atoms with E-state index in [-0.39, 0.29) is 11.5 Å². The molecule has 2 unspecified atom stereocenters. The summed E-state index contributed by atoms with van der Waals surface area (Å²) in [5, 5.41) is 5.65. The lowest BCUT2D eigenvalue weighted by Gasteiger charge is -2.19. The average Bonchev–Trinajstić information content (AvgIpc) is 2.73. The molecule has 6 heteroatoms. The third-order valence-corrected chi connectivity index (χ3v) is 5.05. The minimum Gasteiger partial charge on any atom is -0.449 e. The maximum atomic E-state index is 12.6. The summed E-state index contributed by atoms with van der Waals surface area (Å²) in [6.45, 7) is 11.1. The average molecular weight is 425 g/mol. The van der Waals surface area contributed by atoms with Crippen molar-refractivity contribution in [2.24, 2.45) is 5.41 Å². The molecule has 2 aromatic carbocycles. The topological polar surface area (TPSA) is 84.5 Å². The standard InChI is InChI=1S/C25H32N2O4/c1-7-16(2)20-13-8-9-14-21(20)27-22(28)17(3)31-23(29)18-11-10-12-19(15-18)26-24(30)25(4,5)6/h8-17H,7H2,1-6H3,(H,26,30)(H,27,28). The molecule has 0 saturated heterocycles. The van der Waals surface area contributed by atoms with Crippen LogP contribution in [0.25, 0.3) is 0 Å². The van der Waals surface area contributed by atoms with Crippen molar-refractivity contribution >= 4 is 29.2 Å². The molecule has 6 nitrogen and oxygen atoms in total. The molecule has 0 heterocycles.